The van der Waals surface area contributed by atoms with Crippen molar-refractivity contribution in [2.75, 3.05) is 0 Å². The SMILES string of the molecule is CC[Si](CC)(CC)c1cccc2c[n+](-c3ccccc3)c(=O)oc12. The van der Waals surface area contributed by atoms with E-state index >= 15 is 0 Å². The van der Waals surface area contributed by atoms with Gasteiger partial charge in [0.1, 0.15) is 5.58 Å². The van der Waals surface area contributed by atoms with Gasteiger partial charge in [-0.15, -0.1) is 0 Å². The van der Waals surface area contributed by atoms with Gasteiger partial charge in [-0.2, -0.15) is 4.79 Å². The first kappa shape index (κ1) is 16.6. The van der Waals surface area contributed by atoms with E-state index < -0.39 is 8.07 Å². The number of rotatable bonds is 5. The minimum atomic E-state index is -1.62. The summed E-state index contributed by atoms with van der Waals surface area (Å²) in [6.45, 7) is 6.80. The van der Waals surface area contributed by atoms with Gasteiger partial charge in [-0.05, 0) is 11.3 Å². The van der Waals surface area contributed by atoms with Gasteiger partial charge in [-0.3, -0.25) is 0 Å². The van der Waals surface area contributed by atoms with Crippen molar-refractivity contribution in [2.45, 2.75) is 38.9 Å². The highest BCUT2D eigenvalue weighted by molar-refractivity contribution is 6.93. The summed E-state index contributed by atoms with van der Waals surface area (Å²) in [5.41, 5.74) is 1.61. The van der Waals surface area contributed by atoms with E-state index in [2.05, 4.69) is 32.9 Å². The first-order chi connectivity index (χ1) is 11.6. The first-order valence-electron chi connectivity index (χ1n) is 8.69. The van der Waals surface area contributed by atoms with Crippen LogP contribution in [0, 0.1) is 0 Å². The Morgan fingerprint density at radius 2 is 1.58 bits per heavy atom. The van der Waals surface area contributed by atoms with E-state index in [9.17, 15) is 4.79 Å². The molecule has 0 spiro atoms. The van der Waals surface area contributed by atoms with Crippen LogP contribution in [0.15, 0.2) is 63.9 Å². The maximum absolute atomic E-state index is 12.6. The van der Waals surface area contributed by atoms with Crippen molar-refractivity contribution in [1.29, 1.82) is 0 Å². The third-order valence-electron chi connectivity index (χ3n) is 5.34. The first-order valence-corrected chi connectivity index (χ1v) is 11.3. The van der Waals surface area contributed by atoms with Gasteiger partial charge in [0, 0.05) is 12.1 Å². The molecule has 2 aromatic carbocycles. The number of fused-ring (bicyclic) bond motifs is 1. The van der Waals surface area contributed by atoms with Crippen LogP contribution in [0.3, 0.4) is 0 Å². The lowest BCUT2D eigenvalue weighted by atomic mass is 10.2. The van der Waals surface area contributed by atoms with Crippen molar-refractivity contribution in [3.05, 3.63) is 65.3 Å². The summed E-state index contributed by atoms with van der Waals surface area (Å²) in [5.74, 6) is -0.327. The Hall–Kier alpha value is -2.20. The van der Waals surface area contributed by atoms with Gasteiger partial charge in [0.05, 0.1) is 13.5 Å². The van der Waals surface area contributed by atoms with Crippen molar-refractivity contribution < 1.29 is 8.98 Å². The summed E-state index contributed by atoms with van der Waals surface area (Å²) < 4.78 is 7.41. The van der Waals surface area contributed by atoms with Gasteiger partial charge in [0.25, 0.3) is 0 Å². The second kappa shape index (κ2) is 6.73. The van der Waals surface area contributed by atoms with E-state index in [1.165, 1.54) is 5.19 Å². The Kier molecular flexibility index (Phi) is 4.67. The number of hydrogen-bond acceptors (Lipinski definition) is 2. The zero-order valence-corrected chi connectivity index (χ0v) is 15.6. The molecule has 4 heteroatoms. The van der Waals surface area contributed by atoms with E-state index in [1.807, 2.05) is 42.6 Å². The average Bonchev–Trinajstić information content (AvgIpc) is 2.64. The molecule has 3 nitrogen and oxygen atoms in total. The second-order valence-corrected chi connectivity index (χ2v) is 11.5. The quantitative estimate of drug-likeness (QED) is 0.524. The predicted molar refractivity (Wildman–Crippen MR) is 101 cm³/mol. The molecule has 1 heterocycles. The minimum Gasteiger partial charge on any atom is -0.371 e. The molecule has 1 aromatic heterocycles. The third kappa shape index (κ3) is 2.71. The molecule has 24 heavy (non-hydrogen) atoms. The van der Waals surface area contributed by atoms with Crippen LogP contribution in [0.1, 0.15) is 20.8 Å². The molecule has 0 bridgehead atoms. The maximum atomic E-state index is 12.6. The lowest BCUT2D eigenvalue weighted by molar-refractivity contribution is -0.623. The largest absolute Gasteiger partial charge is 0.608 e. The van der Waals surface area contributed by atoms with Crippen molar-refractivity contribution in [3.8, 4) is 5.69 Å². The fourth-order valence-electron chi connectivity index (χ4n) is 3.61. The highest BCUT2D eigenvalue weighted by Crippen LogP contribution is 2.23. The minimum absolute atomic E-state index is 0.327. The van der Waals surface area contributed by atoms with Crippen molar-refractivity contribution >= 4 is 24.2 Å². The fraction of sp³-hybridized carbons (Fsp3) is 0.300. The molecule has 3 rings (SSSR count). The number of aromatic nitrogens is 1. The molecule has 124 valence electrons. The lowest BCUT2D eigenvalue weighted by Crippen LogP contribution is -2.49. The van der Waals surface area contributed by atoms with Crippen LogP contribution in [0.5, 0.6) is 0 Å². The lowest BCUT2D eigenvalue weighted by Gasteiger charge is -2.28. The monoisotopic (exact) mass is 338 g/mol. The molecule has 0 N–H and O–H groups in total. The van der Waals surface area contributed by atoms with Crippen molar-refractivity contribution in [3.63, 3.8) is 0 Å². The highest BCUT2D eigenvalue weighted by Gasteiger charge is 2.32. The van der Waals surface area contributed by atoms with E-state index in [0.717, 1.165) is 34.8 Å². The molecule has 0 aliphatic rings. The van der Waals surface area contributed by atoms with Crippen LogP contribution in [-0.4, -0.2) is 8.07 Å². The predicted octanol–water partition coefficient (Wildman–Crippen LogP) is 3.79. The number of para-hydroxylation sites is 2. The number of nitrogens with zero attached hydrogens (tertiary/aromatic N) is 1. The van der Waals surface area contributed by atoms with Gasteiger partial charge < -0.3 is 4.42 Å². The van der Waals surface area contributed by atoms with Gasteiger partial charge >= 0.3 is 5.76 Å². The smallest absolute Gasteiger partial charge is 0.371 e. The topological polar surface area (TPSA) is 34.1 Å². The Labute approximate surface area is 143 Å². The summed E-state index contributed by atoms with van der Waals surface area (Å²) in [6.07, 6.45) is 1.90. The molecule has 0 aliphatic carbocycles. The normalized spacial score (nSPS) is 11.8. The Morgan fingerprint density at radius 1 is 0.917 bits per heavy atom. The molecule has 0 aliphatic heterocycles. The summed E-state index contributed by atoms with van der Waals surface area (Å²) >= 11 is 0. The Morgan fingerprint density at radius 3 is 2.21 bits per heavy atom. The molecule has 0 radical (unpaired) electrons. The second-order valence-electron chi connectivity index (χ2n) is 6.27. The van der Waals surface area contributed by atoms with Gasteiger partial charge in [0.15, 0.2) is 6.20 Å². The number of hydrogen-bond donors (Lipinski definition) is 0. The van der Waals surface area contributed by atoms with Crippen LogP contribution in [0.4, 0.5) is 0 Å². The molecule has 0 atom stereocenters. The standard InChI is InChI=1S/C20H24NO2Si/c1-4-24(5-2,6-3)18-14-10-11-16-15-21(20(22)23-19(16)18)17-12-8-7-9-13-17/h7-15H,4-6H2,1-3H3/q+1. The van der Waals surface area contributed by atoms with Crippen LogP contribution in [0.2, 0.25) is 18.1 Å². The van der Waals surface area contributed by atoms with Gasteiger partial charge in [-0.25, -0.2) is 0 Å². The van der Waals surface area contributed by atoms with Crippen molar-refractivity contribution in [1.82, 2.24) is 0 Å². The highest BCUT2D eigenvalue weighted by atomic mass is 28.3. The molecular formula is C20H24NO2Si+. The Bertz CT molecular complexity index is 890. The third-order valence-corrected chi connectivity index (χ3v) is 10.9. The summed E-state index contributed by atoms with van der Waals surface area (Å²) in [4.78, 5) is 12.6. The zero-order valence-electron chi connectivity index (χ0n) is 14.6. The van der Waals surface area contributed by atoms with Crippen LogP contribution in [0.25, 0.3) is 16.7 Å². The summed E-state index contributed by atoms with van der Waals surface area (Å²) in [6, 6.07) is 19.4. The molecule has 0 amide bonds. The van der Waals surface area contributed by atoms with E-state index in [4.69, 9.17) is 4.42 Å². The molecule has 0 unspecified atom stereocenters. The average molecular weight is 339 g/mol. The zero-order chi connectivity index (χ0) is 17.2. The summed E-state index contributed by atoms with van der Waals surface area (Å²) in [5, 5.41) is 2.27. The molecule has 0 fully saturated rings. The van der Waals surface area contributed by atoms with Crippen LogP contribution < -0.4 is 15.5 Å². The van der Waals surface area contributed by atoms with Gasteiger partial charge in [-0.1, -0.05) is 73.8 Å². The maximum Gasteiger partial charge on any atom is 0.608 e. The molecule has 0 saturated heterocycles. The van der Waals surface area contributed by atoms with E-state index in [-0.39, 0.29) is 5.76 Å². The fourth-order valence-corrected chi connectivity index (χ4v) is 7.38. The van der Waals surface area contributed by atoms with Crippen LogP contribution >= 0.6 is 0 Å². The van der Waals surface area contributed by atoms with Crippen molar-refractivity contribution in [2.24, 2.45) is 0 Å². The van der Waals surface area contributed by atoms with E-state index in [1.54, 1.807) is 4.57 Å². The molecule has 0 saturated carbocycles. The number of benzene rings is 2. The molecular weight excluding hydrogens is 314 g/mol. The van der Waals surface area contributed by atoms with Crippen LogP contribution in [-0.2, 0) is 0 Å². The Balaban J connectivity index is 2.27. The van der Waals surface area contributed by atoms with E-state index in [0.29, 0.717) is 0 Å². The summed E-state index contributed by atoms with van der Waals surface area (Å²) in [7, 11) is -1.62. The molecule has 3 aromatic rings. The van der Waals surface area contributed by atoms with Gasteiger partial charge in [0.2, 0.25) is 5.69 Å².